The smallest absolute Gasteiger partial charge is 0.0701 e. The van der Waals surface area contributed by atoms with Crippen LogP contribution in [0.15, 0.2) is 5.11 Å². The van der Waals surface area contributed by atoms with Crippen molar-refractivity contribution in [2.75, 3.05) is 59.4 Å². The summed E-state index contributed by atoms with van der Waals surface area (Å²) >= 11 is 0. The molecule has 0 atom stereocenters. The number of nitrogens with zero attached hydrogens (tertiary/aromatic N) is 3. The minimum absolute atomic E-state index is 0.358. The van der Waals surface area contributed by atoms with Crippen molar-refractivity contribution in [3.05, 3.63) is 10.4 Å². The Morgan fingerprint density at radius 3 is 1.76 bits per heavy atom. The van der Waals surface area contributed by atoms with Gasteiger partial charge < -0.3 is 18.9 Å². The van der Waals surface area contributed by atoms with Crippen LogP contribution in [0.25, 0.3) is 10.4 Å². The van der Waals surface area contributed by atoms with Gasteiger partial charge >= 0.3 is 0 Å². The second-order valence-corrected chi connectivity index (χ2v) is 4.94. The Balaban J connectivity index is 2.98. The number of azide groups is 1. The molecule has 7 nitrogen and oxygen atoms in total. The Morgan fingerprint density at radius 1 is 0.810 bits per heavy atom. The molecule has 0 aromatic carbocycles. The lowest BCUT2D eigenvalue weighted by Gasteiger charge is -2.07. The molecule has 0 aliphatic rings. The summed E-state index contributed by atoms with van der Waals surface area (Å²) in [5, 5.41) is 3.36. The van der Waals surface area contributed by atoms with E-state index >= 15 is 0 Å². The van der Waals surface area contributed by atoms with Crippen LogP contribution in [0.4, 0.5) is 0 Å². The fraction of sp³-hybridized carbons (Fsp3) is 1.00. The molecule has 21 heavy (non-hydrogen) atoms. The molecular weight excluding hydrogens is 274 g/mol. The summed E-state index contributed by atoms with van der Waals surface area (Å²) in [6.45, 7) is 9.41. The third-order valence-electron chi connectivity index (χ3n) is 2.59. The van der Waals surface area contributed by atoms with Crippen LogP contribution < -0.4 is 0 Å². The Bertz CT molecular complexity index is 259. The van der Waals surface area contributed by atoms with Gasteiger partial charge in [0.25, 0.3) is 0 Å². The second-order valence-electron chi connectivity index (χ2n) is 4.94. The summed E-state index contributed by atoms with van der Waals surface area (Å²) in [5.41, 5.74) is 8.05. The van der Waals surface area contributed by atoms with Gasteiger partial charge in [-0.3, -0.25) is 0 Å². The highest BCUT2D eigenvalue weighted by Gasteiger charge is 1.95. The van der Waals surface area contributed by atoms with Crippen molar-refractivity contribution in [3.8, 4) is 0 Å². The topological polar surface area (TPSA) is 85.7 Å². The van der Waals surface area contributed by atoms with Crippen LogP contribution in [0.2, 0.25) is 0 Å². The molecule has 0 saturated heterocycles. The van der Waals surface area contributed by atoms with Crippen LogP contribution in [0.1, 0.15) is 26.7 Å². The first kappa shape index (κ1) is 20.1. The maximum atomic E-state index is 8.05. The van der Waals surface area contributed by atoms with Gasteiger partial charge in [-0.05, 0) is 24.3 Å². The summed E-state index contributed by atoms with van der Waals surface area (Å²) < 4.78 is 21.3. The third kappa shape index (κ3) is 19.1. The Labute approximate surface area is 127 Å². The van der Waals surface area contributed by atoms with E-state index in [0.29, 0.717) is 52.8 Å². The van der Waals surface area contributed by atoms with Crippen molar-refractivity contribution in [2.45, 2.75) is 26.7 Å². The maximum absolute atomic E-state index is 8.05. The molecule has 7 heteroatoms. The quantitative estimate of drug-likeness (QED) is 0.190. The molecule has 0 N–H and O–H groups in total. The lowest BCUT2D eigenvalue weighted by molar-refractivity contribution is -0.00149. The molecule has 0 aliphatic heterocycles. The largest absolute Gasteiger partial charge is 0.379 e. The zero-order valence-electron chi connectivity index (χ0n) is 13.3. The van der Waals surface area contributed by atoms with Crippen LogP contribution in [-0.2, 0) is 18.9 Å². The van der Waals surface area contributed by atoms with E-state index < -0.39 is 0 Å². The molecule has 0 aromatic heterocycles. The molecule has 0 spiro atoms. The molecule has 124 valence electrons. The predicted molar refractivity (Wildman–Crippen MR) is 81.4 cm³/mol. The van der Waals surface area contributed by atoms with Crippen molar-refractivity contribution in [1.29, 1.82) is 0 Å². The van der Waals surface area contributed by atoms with E-state index in [1.807, 2.05) is 0 Å². The van der Waals surface area contributed by atoms with Crippen LogP contribution >= 0.6 is 0 Å². The van der Waals surface area contributed by atoms with Crippen LogP contribution in [-0.4, -0.2) is 59.4 Å². The first-order chi connectivity index (χ1) is 10.3. The first-order valence-corrected chi connectivity index (χ1v) is 7.59. The lowest BCUT2D eigenvalue weighted by atomic mass is 10.1. The molecule has 0 heterocycles. The zero-order chi connectivity index (χ0) is 15.6. The SMILES string of the molecule is CC(C)CCCOCCOCCOCCOCCN=[N+]=[N-]. The fourth-order valence-electron chi connectivity index (χ4n) is 1.51. The maximum Gasteiger partial charge on any atom is 0.0701 e. The van der Waals surface area contributed by atoms with E-state index in [2.05, 4.69) is 23.9 Å². The molecule has 0 saturated carbocycles. The van der Waals surface area contributed by atoms with Crippen LogP contribution in [0.3, 0.4) is 0 Å². The average molecular weight is 303 g/mol. The average Bonchev–Trinajstić information content (AvgIpc) is 2.46. The molecule has 0 unspecified atom stereocenters. The van der Waals surface area contributed by atoms with E-state index in [4.69, 9.17) is 24.5 Å². The van der Waals surface area contributed by atoms with E-state index in [1.165, 1.54) is 6.42 Å². The van der Waals surface area contributed by atoms with Crippen molar-refractivity contribution in [2.24, 2.45) is 11.0 Å². The highest BCUT2D eigenvalue weighted by molar-refractivity contribution is 4.45. The van der Waals surface area contributed by atoms with Crippen molar-refractivity contribution in [3.63, 3.8) is 0 Å². The van der Waals surface area contributed by atoms with E-state index in [9.17, 15) is 0 Å². The Hall–Kier alpha value is -0.850. The minimum Gasteiger partial charge on any atom is -0.379 e. The zero-order valence-corrected chi connectivity index (χ0v) is 13.3. The molecule has 0 bridgehead atoms. The van der Waals surface area contributed by atoms with Gasteiger partial charge in [0.2, 0.25) is 0 Å². The van der Waals surface area contributed by atoms with Gasteiger partial charge in [0, 0.05) is 18.1 Å². The normalized spacial score (nSPS) is 10.8. The molecule has 0 amide bonds. The highest BCUT2D eigenvalue weighted by atomic mass is 16.6. The number of rotatable bonds is 16. The Kier molecular flexibility index (Phi) is 16.5. The van der Waals surface area contributed by atoms with Gasteiger partial charge in [-0.15, -0.1) is 0 Å². The van der Waals surface area contributed by atoms with Gasteiger partial charge in [-0.25, -0.2) is 0 Å². The van der Waals surface area contributed by atoms with Crippen molar-refractivity contribution in [1.82, 2.24) is 0 Å². The van der Waals surface area contributed by atoms with Gasteiger partial charge in [0.15, 0.2) is 0 Å². The Morgan fingerprint density at radius 2 is 1.29 bits per heavy atom. The van der Waals surface area contributed by atoms with Crippen LogP contribution in [0.5, 0.6) is 0 Å². The van der Waals surface area contributed by atoms with Gasteiger partial charge in [0.05, 0.1) is 46.2 Å². The molecular formula is C14H29N3O4. The van der Waals surface area contributed by atoms with Gasteiger partial charge in [-0.2, -0.15) is 0 Å². The lowest BCUT2D eigenvalue weighted by Crippen LogP contribution is -2.12. The van der Waals surface area contributed by atoms with Gasteiger partial charge in [-0.1, -0.05) is 19.0 Å². The summed E-state index contributed by atoms with van der Waals surface area (Å²) in [6.07, 6.45) is 2.32. The molecule has 0 aromatic rings. The summed E-state index contributed by atoms with van der Waals surface area (Å²) in [6, 6.07) is 0. The summed E-state index contributed by atoms with van der Waals surface area (Å²) in [4.78, 5) is 2.63. The second kappa shape index (κ2) is 17.2. The summed E-state index contributed by atoms with van der Waals surface area (Å²) in [7, 11) is 0. The monoisotopic (exact) mass is 303 g/mol. The standard InChI is InChI=1S/C14H29N3O4/c1-14(2)4-3-6-18-8-10-20-12-13-21-11-9-19-7-5-16-17-15/h14H,3-13H2,1-2H3. The molecule has 0 radical (unpaired) electrons. The number of hydrogen-bond acceptors (Lipinski definition) is 5. The minimum atomic E-state index is 0.358. The first-order valence-electron chi connectivity index (χ1n) is 7.59. The highest BCUT2D eigenvalue weighted by Crippen LogP contribution is 2.02. The third-order valence-corrected chi connectivity index (χ3v) is 2.59. The van der Waals surface area contributed by atoms with Crippen molar-refractivity contribution >= 4 is 0 Å². The molecule has 0 rings (SSSR count). The number of hydrogen-bond donors (Lipinski definition) is 0. The van der Waals surface area contributed by atoms with Crippen molar-refractivity contribution < 1.29 is 18.9 Å². The van der Waals surface area contributed by atoms with E-state index in [0.717, 1.165) is 18.9 Å². The van der Waals surface area contributed by atoms with E-state index in [1.54, 1.807) is 0 Å². The number of ether oxygens (including phenoxy) is 4. The molecule has 0 fully saturated rings. The molecule has 0 aliphatic carbocycles. The predicted octanol–water partition coefficient (Wildman–Crippen LogP) is 2.80. The summed E-state index contributed by atoms with van der Waals surface area (Å²) in [5.74, 6) is 0.741. The fourth-order valence-corrected chi connectivity index (χ4v) is 1.51. The van der Waals surface area contributed by atoms with Crippen LogP contribution in [0, 0.1) is 5.92 Å². The van der Waals surface area contributed by atoms with Gasteiger partial charge in [0.1, 0.15) is 0 Å². The van der Waals surface area contributed by atoms with E-state index in [-0.39, 0.29) is 0 Å².